The lowest BCUT2D eigenvalue weighted by Gasteiger charge is -2.27. The number of nitro groups is 1. The average Bonchev–Trinajstić information content (AvgIpc) is 2.59. The van der Waals surface area contributed by atoms with E-state index < -0.39 is 10.9 Å². The standard InChI is InChI=1S/C17H24N2O4/c1-2-14(18-15-6-4-3-5-7-15)12-23-17(20)13-8-10-16(11-9-13)19(21)22/h8-11,14-15,18H,2-7,12H2,1H3/t14-/m0/s1. The minimum Gasteiger partial charge on any atom is -0.460 e. The normalized spacial score (nSPS) is 16.7. The van der Waals surface area contributed by atoms with E-state index in [1.807, 2.05) is 0 Å². The summed E-state index contributed by atoms with van der Waals surface area (Å²) in [5.74, 6) is -0.441. The SMILES string of the molecule is CC[C@@H](COC(=O)c1ccc([N+](=O)[O-])cc1)NC1CCCCC1. The van der Waals surface area contributed by atoms with E-state index in [4.69, 9.17) is 4.74 Å². The number of hydrogen-bond acceptors (Lipinski definition) is 5. The summed E-state index contributed by atoms with van der Waals surface area (Å²) in [5, 5.41) is 14.2. The first-order chi connectivity index (χ1) is 11.1. The molecule has 0 unspecified atom stereocenters. The summed E-state index contributed by atoms with van der Waals surface area (Å²) < 4.78 is 5.35. The van der Waals surface area contributed by atoms with Crippen molar-refractivity contribution in [3.63, 3.8) is 0 Å². The molecule has 1 aliphatic carbocycles. The van der Waals surface area contributed by atoms with Gasteiger partial charge in [-0.05, 0) is 31.4 Å². The maximum absolute atomic E-state index is 12.0. The number of benzene rings is 1. The molecular formula is C17H24N2O4. The zero-order valence-electron chi connectivity index (χ0n) is 13.5. The van der Waals surface area contributed by atoms with E-state index in [-0.39, 0.29) is 11.7 Å². The molecule has 0 heterocycles. The lowest BCUT2D eigenvalue weighted by Crippen LogP contribution is -2.42. The van der Waals surface area contributed by atoms with Crippen LogP contribution in [-0.4, -0.2) is 29.6 Å². The third-order valence-corrected chi connectivity index (χ3v) is 4.30. The molecule has 23 heavy (non-hydrogen) atoms. The molecule has 1 fully saturated rings. The highest BCUT2D eigenvalue weighted by molar-refractivity contribution is 5.89. The minimum absolute atomic E-state index is 0.0352. The Kier molecular flexibility index (Phi) is 6.52. The molecule has 2 rings (SSSR count). The lowest BCUT2D eigenvalue weighted by molar-refractivity contribution is -0.384. The molecule has 1 aliphatic rings. The van der Waals surface area contributed by atoms with Crippen molar-refractivity contribution in [2.45, 2.75) is 57.5 Å². The van der Waals surface area contributed by atoms with Gasteiger partial charge in [-0.25, -0.2) is 4.79 Å². The van der Waals surface area contributed by atoms with Gasteiger partial charge >= 0.3 is 5.97 Å². The Morgan fingerprint density at radius 3 is 2.52 bits per heavy atom. The number of nitro benzene ring substituents is 1. The molecule has 0 aromatic heterocycles. The van der Waals surface area contributed by atoms with Crippen LogP contribution in [0.25, 0.3) is 0 Å². The molecule has 1 atom stereocenters. The zero-order valence-corrected chi connectivity index (χ0v) is 13.5. The Hall–Kier alpha value is -1.95. The third kappa shape index (κ3) is 5.32. The van der Waals surface area contributed by atoms with E-state index >= 15 is 0 Å². The van der Waals surface area contributed by atoms with E-state index in [0.29, 0.717) is 18.2 Å². The molecule has 1 N–H and O–H groups in total. The smallest absolute Gasteiger partial charge is 0.338 e. The topological polar surface area (TPSA) is 81.5 Å². The predicted octanol–water partition coefficient (Wildman–Crippen LogP) is 3.45. The molecule has 6 nitrogen and oxygen atoms in total. The van der Waals surface area contributed by atoms with E-state index in [1.54, 1.807) is 0 Å². The third-order valence-electron chi connectivity index (χ3n) is 4.30. The number of carbonyl (C=O) groups excluding carboxylic acids is 1. The van der Waals surface area contributed by atoms with Crippen LogP contribution in [0, 0.1) is 10.1 Å². The van der Waals surface area contributed by atoms with Crippen LogP contribution in [-0.2, 0) is 4.74 Å². The lowest BCUT2D eigenvalue weighted by atomic mass is 9.95. The molecule has 1 aromatic carbocycles. The Bertz CT molecular complexity index is 524. The van der Waals surface area contributed by atoms with Crippen molar-refractivity contribution >= 4 is 11.7 Å². The van der Waals surface area contributed by atoms with Gasteiger partial charge in [0.1, 0.15) is 6.61 Å². The fourth-order valence-electron chi connectivity index (χ4n) is 2.87. The van der Waals surface area contributed by atoms with Gasteiger partial charge in [0.15, 0.2) is 0 Å². The van der Waals surface area contributed by atoms with E-state index in [0.717, 1.165) is 6.42 Å². The van der Waals surface area contributed by atoms with E-state index in [9.17, 15) is 14.9 Å². The first-order valence-electron chi connectivity index (χ1n) is 8.27. The van der Waals surface area contributed by atoms with Crippen molar-refractivity contribution < 1.29 is 14.5 Å². The first kappa shape index (κ1) is 17.4. The molecule has 6 heteroatoms. The highest BCUT2D eigenvalue weighted by Gasteiger charge is 2.18. The molecule has 1 aromatic rings. The molecule has 0 bridgehead atoms. The van der Waals surface area contributed by atoms with Crippen molar-refractivity contribution in [3.8, 4) is 0 Å². The number of rotatable bonds is 7. The second-order valence-electron chi connectivity index (χ2n) is 6.01. The maximum Gasteiger partial charge on any atom is 0.338 e. The number of ether oxygens (including phenoxy) is 1. The van der Waals surface area contributed by atoms with Crippen LogP contribution in [0.1, 0.15) is 55.8 Å². The monoisotopic (exact) mass is 320 g/mol. The fraction of sp³-hybridized carbons (Fsp3) is 0.588. The number of hydrogen-bond donors (Lipinski definition) is 1. The summed E-state index contributed by atoms with van der Waals surface area (Å²) in [6.07, 6.45) is 7.10. The second-order valence-corrected chi connectivity index (χ2v) is 6.01. The molecule has 0 aliphatic heterocycles. The van der Waals surface area contributed by atoms with Gasteiger partial charge in [0, 0.05) is 24.2 Å². The number of esters is 1. The van der Waals surface area contributed by atoms with Crippen molar-refractivity contribution in [1.29, 1.82) is 0 Å². The first-order valence-corrected chi connectivity index (χ1v) is 8.27. The van der Waals surface area contributed by atoms with Crippen LogP contribution in [0.15, 0.2) is 24.3 Å². The quantitative estimate of drug-likeness (QED) is 0.473. The summed E-state index contributed by atoms with van der Waals surface area (Å²) in [4.78, 5) is 22.1. The Morgan fingerprint density at radius 1 is 1.30 bits per heavy atom. The van der Waals surface area contributed by atoms with Crippen LogP contribution in [0.3, 0.4) is 0 Å². The highest BCUT2D eigenvalue weighted by atomic mass is 16.6. The van der Waals surface area contributed by atoms with Gasteiger partial charge in [-0.15, -0.1) is 0 Å². The van der Waals surface area contributed by atoms with Gasteiger partial charge < -0.3 is 10.1 Å². The van der Waals surface area contributed by atoms with Gasteiger partial charge in [0.05, 0.1) is 10.5 Å². The van der Waals surface area contributed by atoms with Crippen molar-refractivity contribution in [1.82, 2.24) is 5.32 Å². The molecular weight excluding hydrogens is 296 g/mol. The van der Waals surface area contributed by atoms with Gasteiger partial charge in [0.2, 0.25) is 0 Å². The molecule has 0 amide bonds. The number of non-ortho nitro benzene ring substituents is 1. The van der Waals surface area contributed by atoms with Crippen molar-refractivity contribution in [3.05, 3.63) is 39.9 Å². The van der Waals surface area contributed by atoms with Crippen LogP contribution in [0.2, 0.25) is 0 Å². The van der Waals surface area contributed by atoms with E-state index in [1.165, 1.54) is 56.4 Å². The van der Waals surface area contributed by atoms with Crippen LogP contribution in [0.4, 0.5) is 5.69 Å². The number of carbonyl (C=O) groups is 1. The summed E-state index contributed by atoms with van der Waals surface area (Å²) in [7, 11) is 0. The van der Waals surface area contributed by atoms with E-state index in [2.05, 4.69) is 12.2 Å². The summed E-state index contributed by atoms with van der Waals surface area (Å²) in [6, 6.07) is 6.15. The molecule has 0 saturated heterocycles. The minimum atomic E-state index is -0.490. The predicted molar refractivity (Wildman–Crippen MR) is 87.5 cm³/mol. The molecule has 0 spiro atoms. The average molecular weight is 320 g/mol. The second kappa shape index (κ2) is 8.62. The van der Waals surface area contributed by atoms with Gasteiger partial charge in [-0.1, -0.05) is 26.2 Å². The molecule has 126 valence electrons. The highest BCUT2D eigenvalue weighted by Crippen LogP contribution is 2.18. The maximum atomic E-state index is 12.0. The summed E-state index contributed by atoms with van der Waals surface area (Å²) >= 11 is 0. The summed E-state index contributed by atoms with van der Waals surface area (Å²) in [5.41, 5.74) is 0.301. The largest absolute Gasteiger partial charge is 0.460 e. The molecule has 1 saturated carbocycles. The zero-order chi connectivity index (χ0) is 16.7. The number of nitrogens with one attached hydrogen (secondary N) is 1. The van der Waals surface area contributed by atoms with Gasteiger partial charge in [0.25, 0.3) is 5.69 Å². The Balaban J connectivity index is 1.82. The Labute approximate surface area is 136 Å². The van der Waals surface area contributed by atoms with Gasteiger partial charge in [-0.2, -0.15) is 0 Å². The van der Waals surface area contributed by atoms with Crippen molar-refractivity contribution in [2.24, 2.45) is 0 Å². The van der Waals surface area contributed by atoms with Crippen LogP contribution < -0.4 is 5.32 Å². The van der Waals surface area contributed by atoms with Crippen molar-refractivity contribution in [2.75, 3.05) is 6.61 Å². The van der Waals surface area contributed by atoms with Crippen LogP contribution >= 0.6 is 0 Å². The number of nitrogens with zero attached hydrogens (tertiary/aromatic N) is 1. The molecule has 0 radical (unpaired) electrons. The van der Waals surface area contributed by atoms with Crippen LogP contribution in [0.5, 0.6) is 0 Å². The van der Waals surface area contributed by atoms with Gasteiger partial charge in [-0.3, -0.25) is 10.1 Å². The summed E-state index contributed by atoms with van der Waals surface area (Å²) in [6.45, 7) is 2.39. The Morgan fingerprint density at radius 2 is 1.96 bits per heavy atom. The fourth-order valence-corrected chi connectivity index (χ4v) is 2.87.